The summed E-state index contributed by atoms with van der Waals surface area (Å²) in [6, 6.07) is 0. The quantitative estimate of drug-likeness (QED) is 0.420. The third-order valence-corrected chi connectivity index (χ3v) is 2.99. The fraction of sp³-hybridized carbons (Fsp3) is 0.357. The molecular formula is C14H19NO2. The second kappa shape index (κ2) is 6.21. The number of carboxylic acids is 1. The Hall–Kier alpha value is -1.61. The topological polar surface area (TPSA) is 49.3 Å². The van der Waals surface area contributed by atoms with Gasteiger partial charge in [0, 0.05) is 30.5 Å². The van der Waals surface area contributed by atoms with E-state index in [4.69, 9.17) is 5.11 Å². The molecule has 3 nitrogen and oxygen atoms in total. The summed E-state index contributed by atoms with van der Waals surface area (Å²) in [7, 11) is 0. The third-order valence-electron chi connectivity index (χ3n) is 2.99. The molecule has 1 heterocycles. The molecule has 0 aromatic heterocycles. The number of aliphatic carboxylic acids is 1. The van der Waals surface area contributed by atoms with Crippen molar-refractivity contribution < 1.29 is 9.90 Å². The summed E-state index contributed by atoms with van der Waals surface area (Å²) in [6.07, 6.45) is 6.99. The average Bonchev–Trinajstić information content (AvgIpc) is 2.20. The fourth-order valence-electron chi connectivity index (χ4n) is 1.68. The molecule has 0 aromatic carbocycles. The molecule has 0 aromatic rings. The highest BCUT2D eigenvalue weighted by molar-refractivity contribution is 5.88. The number of allylic oxidation sites excluding steroid dienone is 4. The summed E-state index contributed by atoms with van der Waals surface area (Å²) >= 11 is 0. The Bertz CT molecular complexity index is 376. The molecule has 0 aliphatic carbocycles. The maximum atomic E-state index is 11.0. The standard InChI is InChI=1S/C14H19NO2/c1-4-11(13(5-2)14(16)17)7-6-10(3)12-8-15-9-12/h4-7,11-12,15H,1,3,8-9H2,2H3,(H,16,17)/b7-6-,13-5+. The number of hydrogen-bond donors (Lipinski definition) is 2. The molecule has 0 spiro atoms. The molecule has 92 valence electrons. The Morgan fingerprint density at radius 3 is 2.53 bits per heavy atom. The van der Waals surface area contributed by atoms with Gasteiger partial charge < -0.3 is 10.4 Å². The van der Waals surface area contributed by atoms with Gasteiger partial charge in [0.2, 0.25) is 0 Å². The molecule has 2 N–H and O–H groups in total. The van der Waals surface area contributed by atoms with Gasteiger partial charge in [0.15, 0.2) is 0 Å². The molecule has 1 unspecified atom stereocenters. The van der Waals surface area contributed by atoms with Gasteiger partial charge in [-0.2, -0.15) is 0 Å². The zero-order valence-electron chi connectivity index (χ0n) is 10.1. The van der Waals surface area contributed by atoms with Crippen LogP contribution in [0.1, 0.15) is 6.92 Å². The summed E-state index contributed by atoms with van der Waals surface area (Å²) in [5, 5.41) is 12.2. The first-order valence-electron chi connectivity index (χ1n) is 5.70. The van der Waals surface area contributed by atoms with E-state index in [-0.39, 0.29) is 5.92 Å². The van der Waals surface area contributed by atoms with Crippen LogP contribution in [0, 0.1) is 11.8 Å². The van der Waals surface area contributed by atoms with E-state index in [1.807, 2.05) is 12.2 Å². The summed E-state index contributed by atoms with van der Waals surface area (Å²) in [6.45, 7) is 11.3. The lowest BCUT2D eigenvalue weighted by molar-refractivity contribution is -0.133. The lowest BCUT2D eigenvalue weighted by atomic mass is 9.92. The van der Waals surface area contributed by atoms with E-state index in [2.05, 4.69) is 18.5 Å². The predicted octanol–water partition coefficient (Wildman–Crippen LogP) is 2.15. The van der Waals surface area contributed by atoms with Crippen LogP contribution in [0.4, 0.5) is 0 Å². The van der Waals surface area contributed by atoms with Crippen LogP contribution in [-0.2, 0) is 4.79 Å². The van der Waals surface area contributed by atoms with E-state index in [0.717, 1.165) is 18.7 Å². The van der Waals surface area contributed by atoms with E-state index in [1.54, 1.807) is 19.1 Å². The van der Waals surface area contributed by atoms with Gasteiger partial charge in [0.05, 0.1) is 0 Å². The van der Waals surface area contributed by atoms with Crippen molar-refractivity contribution in [3.63, 3.8) is 0 Å². The summed E-state index contributed by atoms with van der Waals surface area (Å²) in [4.78, 5) is 11.0. The summed E-state index contributed by atoms with van der Waals surface area (Å²) in [5.74, 6) is -0.684. The summed E-state index contributed by atoms with van der Waals surface area (Å²) in [5.41, 5.74) is 1.38. The molecule has 1 atom stereocenters. The van der Waals surface area contributed by atoms with Crippen molar-refractivity contribution in [3.8, 4) is 0 Å². The van der Waals surface area contributed by atoms with E-state index in [0.29, 0.717) is 11.5 Å². The van der Waals surface area contributed by atoms with Crippen molar-refractivity contribution in [3.05, 3.63) is 48.6 Å². The monoisotopic (exact) mass is 233 g/mol. The number of rotatable bonds is 6. The first-order chi connectivity index (χ1) is 8.10. The van der Waals surface area contributed by atoms with Gasteiger partial charge in [-0.1, -0.05) is 30.9 Å². The molecule has 0 radical (unpaired) electrons. The minimum absolute atomic E-state index is 0.262. The highest BCUT2D eigenvalue weighted by Crippen LogP contribution is 2.19. The first-order valence-corrected chi connectivity index (χ1v) is 5.70. The molecule has 17 heavy (non-hydrogen) atoms. The molecular weight excluding hydrogens is 214 g/mol. The SMILES string of the molecule is C=CC(/C=C\C(=C)C1CNC1)/C(=C\C)C(=O)O. The number of nitrogens with one attached hydrogen (secondary N) is 1. The van der Waals surface area contributed by atoms with Crippen LogP contribution in [0.25, 0.3) is 0 Å². The summed E-state index contributed by atoms with van der Waals surface area (Å²) < 4.78 is 0. The predicted molar refractivity (Wildman–Crippen MR) is 69.7 cm³/mol. The molecule has 1 aliphatic heterocycles. The van der Waals surface area contributed by atoms with Crippen LogP contribution >= 0.6 is 0 Å². The van der Waals surface area contributed by atoms with Crippen molar-refractivity contribution in [2.45, 2.75) is 6.92 Å². The third kappa shape index (κ3) is 3.43. The fourth-order valence-corrected chi connectivity index (χ4v) is 1.68. The Balaban J connectivity index is 2.68. The van der Waals surface area contributed by atoms with Gasteiger partial charge in [0.25, 0.3) is 0 Å². The molecule has 1 fully saturated rings. The maximum absolute atomic E-state index is 11.0. The Morgan fingerprint density at radius 1 is 1.53 bits per heavy atom. The zero-order valence-corrected chi connectivity index (χ0v) is 10.1. The minimum atomic E-state index is -0.905. The lowest BCUT2D eigenvalue weighted by Gasteiger charge is -2.27. The highest BCUT2D eigenvalue weighted by atomic mass is 16.4. The largest absolute Gasteiger partial charge is 0.478 e. The minimum Gasteiger partial charge on any atom is -0.478 e. The van der Waals surface area contributed by atoms with Gasteiger partial charge in [-0.25, -0.2) is 4.79 Å². The van der Waals surface area contributed by atoms with Crippen molar-refractivity contribution in [1.82, 2.24) is 5.32 Å². The van der Waals surface area contributed by atoms with Crippen molar-refractivity contribution in [2.75, 3.05) is 13.1 Å². The highest BCUT2D eigenvalue weighted by Gasteiger charge is 2.19. The molecule has 3 heteroatoms. The van der Waals surface area contributed by atoms with E-state index < -0.39 is 5.97 Å². The van der Waals surface area contributed by atoms with Crippen LogP contribution < -0.4 is 5.32 Å². The normalized spacial score (nSPS) is 18.8. The molecule has 0 bridgehead atoms. The second-order valence-electron chi connectivity index (χ2n) is 4.10. The van der Waals surface area contributed by atoms with Crippen LogP contribution in [0.15, 0.2) is 48.6 Å². The lowest BCUT2D eigenvalue weighted by Crippen LogP contribution is -2.42. The van der Waals surface area contributed by atoms with Gasteiger partial charge in [-0.05, 0) is 12.5 Å². The van der Waals surface area contributed by atoms with E-state index in [1.165, 1.54) is 0 Å². The number of hydrogen-bond acceptors (Lipinski definition) is 2. The van der Waals surface area contributed by atoms with Crippen molar-refractivity contribution in [1.29, 1.82) is 0 Å². The second-order valence-corrected chi connectivity index (χ2v) is 4.10. The van der Waals surface area contributed by atoms with Crippen LogP contribution in [0.3, 0.4) is 0 Å². The molecule has 0 saturated carbocycles. The van der Waals surface area contributed by atoms with Gasteiger partial charge in [-0.3, -0.25) is 0 Å². The van der Waals surface area contributed by atoms with E-state index >= 15 is 0 Å². The van der Waals surface area contributed by atoms with Gasteiger partial charge in [0.1, 0.15) is 0 Å². The molecule has 1 rings (SSSR count). The Morgan fingerprint density at radius 2 is 2.18 bits per heavy atom. The Kier molecular flexibility index (Phi) is 4.91. The maximum Gasteiger partial charge on any atom is 0.332 e. The van der Waals surface area contributed by atoms with Crippen LogP contribution in [0.2, 0.25) is 0 Å². The van der Waals surface area contributed by atoms with E-state index in [9.17, 15) is 4.79 Å². The van der Waals surface area contributed by atoms with Crippen LogP contribution in [0.5, 0.6) is 0 Å². The molecule has 0 amide bonds. The van der Waals surface area contributed by atoms with Gasteiger partial charge in [-0.15, -0.1) is 6.58 Å². The molecule has 1 aliphatic rings. The average molecular weight is 233 g/mol. The van der Waals surface area contributed by atoms with Crippen molar-refractivity contribution >= 4 is 5.97 Å². The van der Waals surface area contributed by atoms with Gasteiger partial charge >= 0.3 is 5.97 Å². The zero-order chi connectivity index (χ0) is 12.8. The first kappa shape index (κ1) is 13.5. The van der Waals surface area contributed by atoms with Crippen molar-refractivity contribution in [2.24, 2.45) is 11.8 Å². The smallest absolute Gasteiger partial charge is 0.332 e. The molecule has 1 saturated heterocycles. The number of carbonyl (C=O) groups is 1. The van der Waals surface area contributed by atoms with Crippen LogP contribution in [-0.4, -0.2) is 24.2 Å². The number of carboxylic acid groups (broad SMARTS) is 1. The Labute approximate surface area is 102 Å².